The highest BCUT2D eigenvalue weighted by molar-refractivity contribution is 14.1. The van der Waals surface area contributed by atoms with Crippen LogP contribution < -0.4 is 10.6 Å². The van der Waals surface area contributed by atoms with Crippen molar-refractivity contribution < 1.29 is 19.4 Å². The van der Waals surface area contributed by atoms with E-state index >= 15 is 0 Å². The van der Waals surface area contributed by atoms with E-state index in [0.717, 1.165) is 8.04 Å². The zero-order valence-electron chi connectivity index (χ0n) is 9.78. The summed E-state index contributed by atoms with van der Waals surface area (Å²) in [4.78, 5) is 21.7. The minimum absolute atomic E-state index is 0.149. The number of amides is 2. The number of ether oxygens (including phenoxy) is 1. The summed E-state index contributed by atoms with van der Waals surface area (Å²) in [6.07, 6.45) is 0. The molecule has 0 aromatic heterocycles. The molecule has 0 aliphatic carbocycles. The van der Waals surface area contributed by atoms with E-state index in [4.69, 9.17) is 9.84 Å². The molecule has 0 fully saturated rings. The van der Waals surface area contributed by atoms with Crippen molar-refractivity contribution in [3.05, 3.63) is 26.2 Å². The van der Waals surface area contributed by atoms with Crippen LogP contribution in [0.2, 0.25) is 0 Å². The van der Waals surface area contributed by atoms with E-state index in [0.29, 0.717) is 5.69 Å². The van der Waals surface area contributed by atoms with Gasteiger partial charge in [0.15, 0.2) is 0 Å². The van der Waals surface area contributed by atoms with Crippen molar-refractivity contribution >= 4 is 56.2 Å². The van der Waals surface area contributed by atoms with Crippen LogP contribution in [-0.4, -0.2) is 36.9 Å². The van der Waals surface area contributed by atoms with Gasteiger partial charge in [-0.25, -0.2) is 9.59 Å². The molecule has 2 amide bonds. The molecule has 19 heavy (non-hydrogen) atoms. The Morgan fingerprint density at radius 1 is 1.42 bits per heavy atom. The van der Waals surface area contributed by atoms with Gasteiger partial charge < -0.3 is 20.5 Å². The first-order valence-corrected chi connectivity index (χ1v) is 7.15. The fraction of sp³-hybridized carbons (Fsp3) is 0.273. The summed E-state index contributed by atoms with van der Waals surface area (Å²) in [5.74, 6) is -1.03. The Kier molecular flexibility index (Phi) is 7.10. The van der Waals surface area contributed by atoms with Crippen LogP contribution in [0.4, 0.5) is 10.5 Å². The second-order valence-electron chi connectivity index (χ2n) is 3.46. The van der Waals surface area contributed by atoms with E-state index in [1.807, 2.05) is 6.07 Å². The smallest absolute Gasteiger partial charge is 0.329 e. The van der Waals surface area contributed by atoms with Crippen molar-refractivity contribution in [1.82, 2.24) is 5.32 Å². The first kappa shape index (κ1) is 16.2. The van der Waals surface area contributed by atoms with Crippen LogP contribution in [0.25, 0.3) is 0 Å². The van der Waals surface area contributed by atoms with Crippen molar-refractivity contribution in [2.24, 2.45) is 0 Å². The third-order valence-electron chi connectivity index (χ3n) is 1.93. The van der Waals surface area contributed by atoms with Crippen LogP contribution >= 0.6 is 38.5 Å². The molecule has 0 atom stereocenters. The number of nitrogens with one attached hydrogen (secondary N) is 2. The predicted octanol–water partition coefficient (Wildman–Crippen LogP) is 2.28. The van der Waals surface area contributed by atoms with Crippen LogP contribution in [0.15, 0.2) is 22.7 Å². The minimum Gasteiger partial charge on any atom is -0.480 e. The van der Waals surface area contributed by atoms with E-state index in [-0.39, 0.29) is 25.8 Å². The Morgan fingerprint density at radius 2 is 2.16 bits per heavy atom. The summed E-state index contributed by atoms with van der Waals surface area (Å²) in [7, 11) is 0. The number of anilines is 1. The molecule has 6 nitrogen and oxygen atoms in total. The largest absolute Gasteiger partial charge is 0.480 e. The maximum atomic E-state index is 11.5. The third kappa shape index (κ3) is 6.73. The number of carboxylic acids is 1. The monoisotopic (exact) mass is 442 g/mol. The number of benzene rings is 1. The molecule has 1 rings (SSSR count). The van der Waals surface area contributed by atoms with Gasteiger partial charge in [0, 0.05) is 20.3 Å². The maximum Gasteiger partial charge on any atom is 0.329 e. The zero-order chi connectivity index (χ0) is 14.3. The second-order valence-corrected chi connectivity index (χ2v) is 5.47. The quantitative estimate of drug-likeness (QED) is 0.466. The van der Waals surface area contributed by atoms with Crippen molar-refractivity contribution in [2.75, 3.05) is 25.1 Å². The fourth-order valence-electron chi connectivity index (χ4n) is 1.15. The van der Waals surface area contributed by atoms with Crippen molar-refractivity contribution in [1.29, 1.82) is 0 Å². The lowest BCUT2D eigenvalue weighted by atomic mass is 10.3. The number of hydrogen-bond donors (Lipinski definition) is 3. The van der Waals surface area contributed by atoms with Crippen LogP contribution in [0.1, 0.15) is 0 Å². The highest BCUT2D eigenvalue weighted by Crippen LogP contribution is 2.22. The Labute approximate surface area is 132 Å². The molecule has 0 unspecified atom stereocenters. The van der Waals surface area contributed by atoms with Crippen LogP contribution in [0, 0.1) is 3.57 Å². The number of aliphatic carboxylic acids is 1. The summed E-state index contributed by atoms with van der Waals surface area (Å²) in [6.45, 7) is 0.0219. The molecule has 0 radical (unpaired) electrons. The topological polar surface area (TPSA) is 87.7 Å². The molecular weight excluding hydrogens is 431 g/mol. The predicted molar refractivity (Wildman–Crippen MR) is 82.3 cm³/mol. The number of urea groups is 1. The van der Waals surface area contributed by atoms with Gasteiger partial charge in [-0.05, 0) is 56.7 Å². The average molecular weight is 443 g/mol. The van der Waals surface area contributed by atoms with Crippen molar-refractivity contribution in [2.45, 2.75) is 0 Å². The van der Waals surface area contributed by atoms with Crippen LogP contribution in [0.3, 0.4) is 0 Å². The number of rotatable bonds is 6. The molecule has 1 aromatic rings. The Bertz CT molecular complexity index is 470. The summed E-state index contributed by atoms with van der Waals surface area (Å²) in [5, 5.41) is 13.5. The van der Waals surface area contributed by atoms with Gasteiger partial charge >= 0.3 is 12.0 Å². The number of hydrogen-bond acceptors (Lipinski definition) is 3. The Balaban J connectivity index is 2.27. The molecule has 3 N–H and O–H groups in total. The van der Waals surface area contributed by atoms with E-state index in [1.165, 1.54) is 0 Å². The number of carboxylic acid groups (broad SMARTS) is 1. The fourth-order valence-corrected chi connectivity index (χ4v) is 1.86. The Hall–Kier alpha value is -0.870. The van der Waals surface area contributed by atoms with Gasteiger partial charge in [0.2, 0.25) is 0 Å². The van der Waals surface area contributed by atoms with Gasteiger partial charge in [-0.3, -0.25) is 0 Å². The van der Waals surface area contributed by atoms with Crippen LogP contribution in [-0.2, 0) is 9.53 Å². The maximum absolute atomic E-state index is 11.5. The molecule has 0 aliphatic rings. The lowest BCUT2D eigenvalue weighted by Gasteiger charge is -2.08. The lowest BCUT2D eigenvalue weighted by Crippen LogP contribution is -2.32. The highest BCUT2D eigenvalue weighted by atomic mass is 127. The van der Waals surface area contributed by atoms with Gasteiger partial charge in [0.25, 0.3) is 0 Å². The van der Waals surface area contributed by atoms with Gasteiger partial charge in [0.1, 0.15) is 6.61 Å². The summed E-state index contributed by atoms with van der Waals surface area (Å²) < 4.78 is 6.73. The highest BCUT2D eigenvalue weighted by Gasteiger charge is 2.03. The molecule has 0 saturated carbocycles. The lowest BCUT2D eigenvalue weighted by molar-refractivity contribution is -0.142. The number of halogens is 2. The SMILES string of the molecule is O=C(O)COCCNC(=O)Nc1ccc(I)c(Br)c1. The van der Waals surface area contributed by atoms with Gasteiger partial charge in [-0.1, -0.05) is 0 Å². The second kappa shape index (κ2) is 8.33. The summed E-state index contributed by atoms with van der Waals surface area (Å²) in [5.41, 5.74) is 0.663. The number of carbonyl (C=O) groups is 2. The molecule has 104 valence electrons. The van der Waals surface area contributed by atoms with Crippen LogP contribution in [0.5, 0.6) is 0 Å². The third-order valence-corrected chi connectivity index (χ3v) is 4.27. The van der Waals surface area contributed by atoms with Gasteiger partial charge in [0.05, 0.1) is 6.61 Å². The van der Waals surface area contributed by atoms with E-state index in [2.05, 4.69) is 49.2 Å². The summed E-state index contributed by atoms with van der Waals surface area (Å²) >= 11 is 5.54. The minimum atomic E-state index is -1.03. The van der Waals surface area contributed by atoms with Crippen molar-refractivity contribution in [3.63, 3.8) is 0 Å². The molecule has 0 aliphatic heterocycles. The van der Waals surface area contributed by atoms with Crippen molar-refractivity contribution in [3.8, 4) is 0 Å². The van der Waals surface area contributed by atoms with Gasteiger partial charge in [-0.2, -0.15) is 0 Å². The number of carbonyl (C=O) groups excluding carboxylic acids is 1. The average Bonchev–Trinajstić information content (AvgIpc) is 2.33. The molecule has 0 bridgehead atoms. The molecule has 0 heterocycles. The van der Waals surface area contributed by atoms with E-state index in [9.17, 15) is 9.59 Å². The normalized spacial score (nSPS) is 10.0. The first-order valence-electron chi connectivity index (χ1n) is 5.28. The zero-order valence-corrected chi connectivity index (χ0v) is 13.5. The summed E-state index contributed by atoms with van der Waals surface area (Å²) in [6, 6.07) is 5.08. The molecule has 8 heteroatoms. The molecule has 0 spiro atoms. The standard InChI is InChI=1S/C11H12BrIN2O4/c12-8-5-7(1-2-9(8)13)15-11(18)14-3-4-19-6-10(16)17/h1-2,5H,3-4,6H2,(H,16,17)(H2,14,15,18). The molecular formula is C11H12BrIN2O4. The Morgan fingerprint density at radius 3 is 2.79 bits per heavy atom. The molecule has 0 saturated heterocycles. The first-order chi connectivity index (χ1) is 8.99. The van der Waals surface area contributed by atoms with E-state index in [1.54, 1.807) is 12.1 Å². The molecule has 1 aromatic carbocycles. The van der Waals surface area contributed by atoms with E-state index < -0.39 is 5.97 Å². The van der Waals surface area contributed by atoms with Gasteiger partial charge in [-0.15, -0.1) is 0 Å².